The second-order valence-electron chi connectivity index (χ2n) is 6.81. The maximum atomic E-state index is 12.2. The van der Waals surface area contributed by atoms with E-state index < -0.39 is 0 Å². The van der Waals surface area contributed by atoms with E-state index in [1.165, 1.54) is 35.5 Å². The van der Waals surface area contributed by atoms with Crippen molar-refractivity contribution in [3.8, 4) is 0 Å². The van der Waals surface area contributed by atoms with Crippen molar-refractivity contribution in [2.75, 3.05) is 0 Å². The standard InChI is InChI=1S/C20H21BrN2O/c1-13(24)20-14(10-15-11-16(21)6-8-18(15)20)5-7-17-12-23-9-3-2-4-19(23)22-17/h6,8,11-12H,2-5,7,9-10H2,1H3. The number of benzene rings is 1. The molecule has 4 heteroatoms. The first-order valence-electron chi connectivity index (χ1n) is 8.68. The molecule has 124 valence electrons. The van der Waals surface area contributed by atoms with E-state index in [1.807, 2.05) is 6.07 Å². The number of halogens is 1. The first-order chi connectivity index (χ1) is 11.6. The summed E-state index contributed by atoms with van der Waals surface area (Å²) in [6.07, 6.45) is 8.53. The first kappa shape index (κ1) is 15.8. The molecule has 24 heavy (non-hydrogen) atoms. The van der Waals surface area contributed by atoms with Crippen LogP contribution in [0.15, 0.2) is 34.4 Å². The van der Waals surface area contributed by atoms with Gasteiger partial charge in [0.25, 0.3) is 0 Å². The number of aryl methyl sites for hydroxylation is 3. The van der Waals surface area contributed by atoms with Gasteiger partial charge in [-0.15, -0.1) is 0 Å². The van der Waals surface area contributed by atoms with Crippen molar-refractivity contribution in [3.63, 3.8) is 0 Å². The Labute approximate surface area is 150 Å². The lowest BCUT2D eigenvalue weighted by Gasteiger charge is -2.11. The molecule has 0 unspecified atom stereocenters. The predicted octanol–water partition coefficient (Wildman–Crippen LogP) is 4.51. The van der Waals surface area contributed by atoms with E-state index in [2.05, 4.69) is 38.8 Å². The van der Waals surface area contributed by atoms with Crippen LogP contribution in [0.3, 0.4) is 0 Å². The van der Waals surface area contributed by atoms with Crippen molar-refractivity contribution in [1.82, 2.24) is 9.55 Å². The van der Waals surface area contributed by atoms with Gasteiger partial charge in [-0.3, -0.25) is 4.79 Å². The van der Waals surface area contributed by atoms with Gasteiger partial charge in [-0.1, -0.05) is 27.6 Å². The molecule has 0 spiro atoms. The molecule has 0 saturated carbocycles. The Balaban J connectivity index is 1.56. The molecule has 1 aromatic heterocycles. The topological polar surface area (TPSA) is 34.9 Å². The third kappa shape index (κ3) is 2.88. The number of aromatic nitrogens is 2. The summed E-state index contributed by atoms with van der Waals surface area (Å²) < 4.78 is 3.38. The lowest BCUT2D eigenvalue weighted by Crippen LogP contribution is -2.08. The Morgan fingerprint density at radius 1 is 1.29 bits per heavy atom. The highest BCUT2D eigenvalue weighted by molar-refractivity contribution is 9.10. The van der Waals surface area contributed by atoms with Gasteiger partial charge in [0.1, 0.15) is 5.82 Å². The lowest BCUT2D eigenvalue weighted by atomic mass is 10.00. The summed E-state index contributed by atoms with van der Waals surface area (Å²) in [4.78, 5) is 17.0. The Hall–Kier alpha value is -1.68. The van der Waals surface area contributed by atoms with Crippen LogP contribution in [0.1, 0.15) is 48.8 Å². The third-order valence-corrected chi connectivity index (χ3v) is 5.58. The monoisotopic (exact) mass is 384 g/mol. The van der Waals surface area contributed by atoms with Gasteiger partial charge in [0.2, 0.25) is 0 Å². The molecule has 1 aliphatic carbocycles. The minimum Gasteiger partial charge on any atom is -0.335 e. The van der Waals surface area contributed by atoms with E-state index in [1.54, 1.807) is 6.92 Å². The Morgan fingerprint density at radius 3 is 2.96 bits per heavy atom. The third-order valence-electron chi connectivity index (χ3n) is 5.09. The lowest BCUT2D eigenvalue weighted by molar-refractivity contribution is -0.111. The van der Waals surface area contributed by atoms with Gasteiger partial charge in [0.05, 0.1) is 5.69 Å². The van der Waals surface area contributed by atoms with Crippen LogP contribution in [0.4, 0.5) is 0 Å². The Morgan fingerprint density at radius 2 is 2.17 bits per heavy atom. The molecule has 0 atom stereocenters. The predicted molar refractivity (Wildman–Crippen MR) is 98.9 cm³/mol. The van der Waals surface area contributed by atoms with Gasteiger partial charge in [-0.25, -0.2) is 4.98 Å². The molecule has 0 radical (unpaired) electrons. The molecule has 0 bridgehead atoms. The van der Waals surface area contributed by atoms with Gasteiger partial charge in [0, 0.05) is 29.2 Å². The second kappa shape index (κ2) is 6.32. The number of nitrogens with zero attached hydrogens (tertiary/aromatic N) is 2. The molecule has 4 rings (SSSR count). The highest BCUT2D eigenvalue weighted by atomic mass is 79.9. The minimum atomic E-state index is 0.176. The number of hydrogen-bond acceptors (Lipinski definition) is 2. The van der Waals surface area contributed by atoms with E-state index >= 15 is 0 Å². The summed E-state index contributed by atoms with van der Waals surface area (Å²) in [6.45, 7) is 2.78. The number of carbonyl (C=O) groups is 1. The number of rotatable bonds is 4. The number of Topliss-reactive ketones (excluding diaryl/α,β-unsaturated/α-hetero) is 1. The molecule has 1 aromatic carbocycles. The molecule has 2 aromatic rings. The molecular weight excluding hydrogens is 364 g/mol. The number of hydrogen-bond donors (Lipinski definition) is 0. The normalized spacial score (nSPS) is 16.2. The summed E-state index contributed by atoms with van der Waals surface area (Å²) in [7, 11) is 0. The largest absolute Gasteiger partial charge is 0.335 e. The maximum absolute atomic E-state index is 12.2. The summed E-state index contributed by atoms with van der Waals surface area (Å²) in [5.41, 5.74) is 5.74. The van der Waals surface area contributed by atoms with Crippen molar-refractivity contribution < 1.29 is 4.79 Å². The second-order valence-corrected chi connectivity index (χ2v) is 7.73. The van der Waals surface area contributed by atoms with E-state index in [4.69, 9.17) is 4.98 Å². The fraction of sp³-hybridized carbons (Fsp3) is 0.400. The number of allylic oxidation sites excluding steroid dienone is 2. The quantitative estimate of drug-likeness (QED) is 0.776. The van der Waals surface area contributed by atoms with Gasteiger partial charge in [-0.2, -0.15) is 0 Å². The van der Waals surface area contributed by atoms with Gasteiger partial charge in [-0.05, 0) is 62.3 Å². The van der Waals surface area contributed by atoms with Crippen LogP contribution in [0.5, 0.6) is 0 Å². The first-order valence-corrected chi connectivity index (χ1v) is 9.48. The number of fused-ring (bicyclic) bond motifs is 2. The molecule has 0 N–H and O–H groups in total. The highest BCUT2D eigenvalue weighted by Gasteiger charge is 2.24. The Bertz CT molecular complexity index is 824. The fourth-order valence-electron chi connectivity index (χ4n) is 3.98. The van der Waals surface area contributed by atoms with Crippen molar-refractivity contribution in [2.45, 2.75) is 52.0 Å². The number of carbonyl (C=O) groups excluding carboxylic acids is 1. The smallest absolute Gasteiger partial charge is 0.160 e. The van der Waals surface area contributed by atoms with Gasteiger partial charge >= 0.3 is 0 Å². The van der Waals surface area contributed by atoms with Crippen LogP contribution in [-0.2, 0) is 30.6 Å². The molecule has 0 amide bonds. The van der Waals surface area contributed by atoms with Crippen LogP contribution in [0.25, 0.3) is 5.57 Å². The minimum absolute atomic E-state index is 0.176. The number of imidazole rings is 1. The summed E-state index contributed by atoms with van der Waals surface area (Å²) in [5, 5.41) is 0. The van der Waals surface area contributed by atoms with Gasteiger partial charge in [0.15, 0.2) is 5.78 Å². The molecule has 1 aliphatic heterocycles. The number of ketones is 1. The molecule has 2 heterocycles. The van der Waals surface area contributed by atoms with E-state index in [-0.39, 0.29) is 5.78 Å². The van der Waals surface area contributed by atoms with Crippen LogP contribution < -0.4 is 0 Å². The average molecular weight is 385 g/mol. The molecule has 0 fully saturated rings. The average Bonchev–Trinajstić information content (AvgIpc) is 3.12. The summed E-state index contributed by atoms with van der Waals surface area (Å²) >= 11 is 3.53. The molecule has 2 aliphatic rings. The summed E-state index contributed by atoms with van der Waals surface area (Å²) in [5.74, 6) is 1.41. The Kier molecular flexibility index (Phi) is 4.17. The van der Waals surface area contributed by atoms with Crippen LogP contribution >= 0.6 is 15.9 Å². The van der Waals surface area contributed by atoms with Crippen molar-refractivity contribution in [1.29, 1.82) is 0 Å². The zero-order valence-corrected chi connectivity index (χ0v) is 15.5. The zero-order chi connectivity index (χ0) is 16.7. The van der Waals surface area contributed by atoms with Crippen molar-refractivity contribution >= 4 is 27.3 Å². The molecule has 3 nitrogen and oxygen atoms in total. The highest BCUT2D eigenvalue weighted by Crippen LogP contribution is 2.37. The van der Waals surface area contributed by atoms with E-state index in [9.17, 15) is 4.79 Å². The van der Waals surface area contributed by atoms with Crippen LogP contribution in [0, 0.1) is 0 Å². The zero-order valence-electron chi connectivity index (χ0n) is 13.9. The summed E-state index contributed by atoms with van der Waals surface area (Å²) in [6, 6.07) is 6.23. The van der Waals surface area contributed by atoms with Crippen LogP contribution in [-0.4, -0.2) is 15.3 Å². The molecular formula is C20H21BrN2O. The van der Waals surface area contributed by atoms with Crippen molar-refractivity contribution in [3.05, 3.63) is 57.1 Å². The van der Waals surface area contributed by atoms with E-state index in [0.717, 1.165) is 47.8 Å². The van der Waals surface area contributed by atoms with Gasteiger partial charge < -0.3 is 4.57 Å². The van der Waals surface area contributed by atoms with Crippen molar-refractivity contribution in [2.24, 2.45) is 0 Å². The van der Waals surface area contributed by atoms with E-state index in [0.29, 0.717) is 0 Å². The SMILES string of the molecule is CC(=O)C1=C(CCc2cn3c(n2)CCCC3)Cc2cc(Br)ccc21. The molecule has 0 saturated heterocycles. The fourth-order valence-corrected chi connectivity index (χ4v) is 4.39. The van der Waals surface area contributed by atoms with Crippen LogP contribution in [0.2, 0.25) is 0 Å². The maximum Gasteiger partial charge on any atom is 0.160 e.